The Morgan fingerprint density at radius 3 is 1.54 bits per heavy atom. The molecule has 0 spiro atoms. The number of alkyl halides is 6. The third kappa shape index (κ3) is 5.18. The van der Waals surface area contributed by atoms with Crippen molar-refractivity contribution >= 4 is 0 Å². The van der Waals surface area contributed by atoms with E-state index in [2.05, 4.69) is 5.10 Å². The standard InChI is InChI=1S/C29H18F6N2O2/c30-28(31,32)20-14-21(29(33,34)35)16-22(15-20)37-27(19-8-12-24(39)13-9-19)25(17-4-2-1-3-5-17)26(36-37)18-6-10-23(38)11-7-18/h1-16,38-39H. The Hall–Kier alpha value is -4.73. The average molecular weight is 540 g/mol. The molecular weight excluding hydrogens is 522 g/mol. The summed E-state index contributed by atoms with van der Waals surface area (Å²) in [7, 11) is 0. The van der Waals surface area contributed by atoms with Crippen molar-refractivity contribution < 1.29 is 36.6 Å². The van der Waals surface area contributed by atoms with E-state index in [4.69, 9.17) is 0 Å². The van der Waals surface area contributed by atoms with Crippen LogP contribution in [-0.4, -0.2) is 20.0 Å². The van der Waals surface area contributed by atoms with Crippen molar-refractivity contribution in [2.75, 3.05) is 0 Å². The first-order chi connectivity index (χ1) is 18.4. The number of phenolic OH excluding ortho intramolecular Hbond substituents is 2. The molecule has 0 aliphatic heterocycles. The van der Waals surface area contributed by atoms with Crippen LogP contribution in [0.15, 0.2) is 97.1 Å². The summed E-state index contributed by atoms with van der Waals surface area (Å²) in [5, 5.41) is 24.2. The fourth-order valence-corrected chi connectivity index (χ4v) is 4.25. The summed E-state index contributed by atoms with van der Waals surface area (Å²) < 4.78 is 83.4. The molecule has 0 saturated heterocycles. The zero-order chi connectivity index (χ0) is 27.9. The first kappa shape index (κ1) is 25.9. The van der Waals surface area contributed by atoms with Crippen LogP contribution in [0.4, 0.5) is 26.3 Å². The summed E-state index contributed by atoms with van der Waals surface area (Å²) in [5.74, 6) is -0.117. The van der Waals surface area contributed by atoms with Gasteiger partial charge in [0.1, 0.15) is 17.2 Å². The second kappa shape index (κ2) is 9.54. The van der Waals surface area contributed by atoms with Crippen LogP contribution in [0.3, 0.4) is 0 Å². The van der Waals surface area contributed by atoms with E-state index in [0.29, 0.717) is 34.4 Å². The molecule has 4 nitrogen and oxygen atoms in total. The van der Waals surface area contributed by atoms with Gasteiger partial charge in [0, 0.05) is 16.7 Å². The molecule has 0 amide bonds. The van der Waals surface area contributed by atoms with Crippen molar-refractivity contribution in [2.24, 2.45) is 0 Å². The minimum absolute atomic E-state index is 0.0362. The molecule has 0 bridgehead atoms. The topological polar surface area (TPSA) is 58.3 Å². The van der Waals surface area contributed by atoms with E-state index in [1.165, 1.54) is 36.4 Å². The van der Waals surface area contributed by atoms with Crippen molar-refractivity contribution in [1.29, 1.82) is 0 Å². The van der Waals surface area contributed by atoms with Crippen LogP contribution in [0.5, 0.6) is 11.5 Å². The first-order valence-electron chi connectivity index (χ1n) is 11.5. The number of rotatable bonds is 4. The zero-order valence-corrected chi connectivity index (χ0v) is 19.8. The van der Waals surface area contributed by atoms with E-state index in [1.54, 1.807) is 42.5 Å². The maximum atomic E-state index is 13.7. The van der Waals surface area contributed by atoms with Crippen LogP contribution in [0.25, 0.3) is 39.3 Å². The Labute approximate surface area is 218 Å². The number of hydrogen-bond donors (Lipinski definition) is 2. The Balaban J connectivity index is 1.91. The maximum Gasteiger partial charge on any atom is 0.416 e. The van der Waals surface area contributed by atoms with Gasteiger partial charge in [0.2, 0.25) is 0 Å². The third-order valence-electron chi connectivity index (χ3n) is 6.05. The molecule has 0 saturated carbocycles. The normalized spacial score (nSPS) is 12.1. The minimum Gasteiger partial charge on any atom is -0.508 e. The molecule has 39 heavy (non-hydrogen) atoms. The van der Waals surface area contributed by atoms with Crippen molar-refractivity contribution in [1.82, 2.24) is 9.78 Å². The second-order valence-electron chi connectivity index (χ2n) is 8.71. The van der Waals surface area contributed by atoms with Gasteiger partial charge in [0.05, 0.1) is 22.5 Å². The largest absolute Gasteiger partial charge is 0.508 e. The summed E-state index contributed by atoms with van der Waals surface area (Å²) in [4.78, 5) is 0. The molecule has 1 aromatic heterocycles. The lowest BCUT2D eigenvalue weighted by Crippen LogP contribution is -2.13. The molecule has 0 aliphatic carbocycles. The van der Waals surface area contributed by atoms with Gasteiger partial charge in [-0.25, -0.2) is 4.68 Å². The Morgan fingerprint density at radius 2 is 1.05 bits per heavy atom. The van der Waals surface area contributed by atoms with Crippen molar-refractivity contribution in [3.05, 3.63) is 108 Å². The molecule has 0 atom stereocenters. The molecule has 5 aromatic rings. The van der Waals surface area contributed by atoms with Gasteiger partial charge in [-0.2, -0.15) is 31.4 Å². The molecule has 10 heteroatoms. The Morgan fingerprint density at radius 1 is 0.564 bits per heavy atom. The van der Waals surface area contributed by atoms with Crippen LogP contribution in [0.1, 0.15) is 11.1 Å². The van der Waals surface area contributed by atoms with Crippen molar-refractivity contribution in [2.45, 2.75) is 12.4 Å². The van der Waals surface area contributed by atoms with E-state index in [1.807, 2.05) is 0 Å². The first-order valence-corrected chi connectivity index (χ1v) is 11.5. The molecule has 0 aliphatic rings. The Bertz CT molecular complexity index is 1590. The lowest BCUT2D eigenvalue weighted by Gasteiger charge is -2.16. The van der Waals surface area contributed by atoms with Gasteiger partial charge in [0.15, 0.2) is 0 Å². The molecule has 0 unspecified atom stereocenters. The highest BCUT2D eigenvalue weighted by Crippen LogP contribution is 2.43. The number of hydrogen-bond acceptors (Lipinski definition) is 3. The van der Waals surface area contributed by atoms with Crippen LogP contribution >= 0.6 is 0 Å². The van der Waals surface area contributed by atoms with Gasteiger partial charge < -0.3 is 10.2 Å². The van der Waals surface area contributed by atoms with E-state index in [0.717, 1.165) is 4.68 Å². The fourth-order valence-electron chi connectivity index (χ4n) is 4.25. The van der Waals surface area contributed by atoms with Crippen LogP contribution in [0, 0.1) is 0 Å². The smallest absolute Gasteiger partial charge is 0.416 e. The molecule has 198 valence electrons. The number of aromatic nitrogens is 2. The lowest BCUT2D eigenvalue weighted by molar-refractivity contribution is -0.143. The lowest BCUT2D eigenvalue weighted by atomic mass is 9.95. The predicted molar refractivity (Wildman–Crippen MR) is 133 cm³/mol. The van der Waals surface area contributed by atoms with Gasteiger partial charge in [-0.15, -0.1) is 0 Å². The summed E-state index contributed by atoms with van der Waals surface area (Å²) in [5.41, 5.74) is -1.08. The highest BCUT2D eigenvalue weighted by molar-refractivity contribution is 5.92. The summed E-state index contributed by atoms with van der Waals surface area (Å²) in [6.07, 6.45) is -10.1. The van der Waals surface area contributed by atoms with Crippen molar-refractivity contribution in [3.63, 3.8) is 0 Å². The van der Waals surface area contributed by atoms with Gasteiger partial charge in [-0.1, -0.05) is 30.3 Å². The average Bonchev–Trinajstić information content (AvgIpc) is 3.29. The number of benzene rings is 4. The van der Waals surface area contributed by atoms with Crippen LogP contribution in [0.2, 0.25) is 0 Å². The fraction of sp³-hybridized carbons (Fsp3) is 0.0690. The maximum absolute atomic E-state index is 13.7. The molecule has 2 N–H and O–H groups in total. The number of nitrogens with zero attached hydrogens (tertiary/aromatic N) is 2. The second-order valence-corrected chi connectivity index (χ2v) is 8.71. The summed E-state index contributed by atoms with van der Waals surface area (Å²) >= 11 is 0. The van der Waals surface area contributed by atoms with Gasteiger partial charge in [-0.05, 0) is 72.3 Å². The van der Waals surface area contributed by atoms with Gasteiger partial charge in [-0.3, -0.25) is 0 Å². The highest BCUT2D eigenvalue weighted by Gasteiger charge is 2.37. The third-order valence-corrected chi connectivity index (χ3v) is 6.05. The highest BCUT2D eigenvalue weighted by atomic mass is 19.4. The minimum atomic E-state index is -5.05. The van der Waals surface area contributed by atoms with E-state index in [9.17, 15) is 36.6 Å². The Kier molecular flexibility index (Phi) is 6.33. The van der Waals surface area contributed by atoms with E-state index < -0.39 is 29.2 Å². The molecule has 0 fully saturated rings. The monoisotopic (exact) mass is 540 g/mol. The molecule has 1 heterocycles. The van der Waals surface area contributed by atoms with Gasteiger partial charge >= 0.3 is 12.4 Å². The van der Waals surface area contributed by atoms with Crippen LogP contribution in [-0.2, 0) is 12.4 Å². The van der Waals surface area contributed by atoms with E-state index >= 15 is 0 Å². The SMILES string of the molecule is Oc1ccc(-c2nn(-c3cc(C(F)(F)F)cc(C(F)(F)F)c3)c(-c3ccc(O)cc3)c2-c2ccccc2)cc1. The molecule has 0 radical (unpaired) electrons. The molecule has 5 rings (SSSR count). The zero-order valence-electron chi connectivity index (χ0n) is 19.8. The summed E-state index contributed by atoms with van der Waals surface area (Å²) in [6.45, 7) is 0. The number of phenols is 2. The summed E-state index contributed by atoms with van der Waals surface area (Å²) in [6, 6.07) is 21.6. The quantitative estimate of drug-likeness (QED) is 0.225. The number of aromatic hydroxyl groups is 2. The predicted octanol–water partition coefficient (Wildman–Crippen LogP) is 8.32. The number of halogens is 6. The van der Waals surface area contributed by atoms with Gasteiger partial charge in [0.25, 0.3) is 0 Å². The van der Waals surface area contributed by atoms with E-state index in [-0.39, 0.29) is 29.0 Å². The van der Waals surface area contributed by atoms with Crippen LogP contribution < -0.4 is 0 Å². The van der Waals surface area contributed by atoms with Crippen molar-refractivity contribution in [3.8, 4) is 50.8 Å². The molecular formula is C29H18F6N2O2. The molecule has 4 aromatic carbocycles.